The van der Waals surface area contributed by atoms with Crippen molar-refractivity contribution in [3.8, 4) is 0 Å². The molecule has 0 saturated heterocycles. The van der Waals surface area contributed by atoms with Gasteiger partial charge < -0.3 is 20.4 Å². The third-order valence-electron chi connectivity index (χ3n) is 5.22. The Balaban J connectivity index is 2.56. The summed E-state index contributed by atoms with van der Waals surface area (Å²) in [6.45, 7) is 3.91. The number of carboxylic acids is 1. The first kappa shape index (κ1) is 22.9. The fraction of sp³-hybridized carbons (Fsp3) is 0.762. The van der Waals surface area contributed by atoms with Crippen LogP contribution in [0.3, 0.4) is 0 Å². The minimum absolute atomic E-state index is 0.0802. The van der Waals surface area contributed by atoms with E-state index in [1.807, 2.05) is 18.2 Å². The van der Waals surface area contributed by atoms with Gasteiger partial charge in [0, 0.05) is 18.8 Å². The van der Waals surface area contributed by atoms with E-state index in [1.54, 1.807) is 13.0 Å². The third kappa shape index (κ3) is 8.47. The van der Waals surface area contributed by atoms with Crippen LogP contribution in [0.25, 0.3) is 0 Å². The largest absolute Gasteiger partial charge is 0.481 e. The zero-order chi connectivity index (χ0) is 19.6. The Labute approximate surface area is 157 Å². The SMILES string of the molecule is CCCCC[C@](C)(O)/C=C/[C@@H]1[C@@H](C/C=C\CCCC(=O)O)[C@@H](O)C[C@@H]1O. The maximum atomic E-state index is 10.5. The molecular weight excluding hydrogens is 332 g/mol. The van der Waals surface area contributed by atoms with Crippen LogP contribution in [0.1, 0.15) is 71.6 Å². The predicted molar refractivity (Wildman–Crippen MR) is 103 cm³/mol. The van der Waals surface area contributed by atoms with Gasteiger partial charge in [0.05, 0.1) is 17.8 Å². The summed E-state index contributed by atoms with van der Waals surface area (Å²) in [5.41, 5.74) is -0.889. The smallest absolute Gasteiger partial charge is 0.303 e. The lowest BCUT2D eigenvalue weighted by molar-refractivity contribution is -0.137. The van der Waals surface area contributed by atoms with E-state index in [0.717, 1.165) is 19.3 Å². The number of aliphatic hydroxyl groups excluding tert-OH is 2. The summed E-state index contributed by atoms with van der Waals surface area (Å²) >= 11 is 0. The minimum Gasteiger partial charge on any atom is -0.481 e. The van der Waals surface area contributed by atoms with Gasteiger partial charge in [-0.1, -0.05) is 50.5 Å². The van der Waals surface area contributed by atoms with Crippen LogP contribution >= 0.6 is 0 Å². The summed E-state index contributed by atoms with van der Waals surface area (Å²) in [7, 11) is 0. The van der Waals surface area contributed by atoms with Gasteiger partial charge in [0.2, 0.25) is 0 Å². The van der Waals surface area contributed by atoms with Crippen molar-refractivity contribution in [2.75, 3.05) is 0 Å². The topological polar surface area (TPSA) is 98.0 Å². The highest BCUT2D eigenvalue weighted by atomic mass is 16.4. The standard InChI is InChI=1S/C21H36O5/c1-3-4-9-13-21(2,26)14-12-17-16(18(22)15-19(17)23)10-7-5-6-8-11-20(24)25/h5,7,12,14,16-19,22-23,26H,3-4,6,8-11,13,15H2,1-2H3,(H,24,25)/b7-5-,14-12+/t16-,17-,18+,19+,21+/m1/s1. The van der Waals surface area contributed by atoms with E-state index in [4.69, 9.17) is 5.11 Å². The molecule has 0 spiro atoms. The number of carbonyl (C=O) groups is 1. The van der Waals surface area contributed by atoms with Gasteiger partial charge in [-0.2, -0.15) is 0 Å². The van der Waals surface area contributed by atoms with Crippen molar-refractivity contribution < 1.29 is 25.2 Å². The first-order chi connectivity index (χ1) is 12.3. The van der Waals surface area contributed by atoms with Crippen molar-refractivity contribution in [3.63, 3.8) is 0 Å². The third-order valence-corrected chi connectivity index (χ3v) is 5.22. The Bertz CT molecular complexity index is 469. The molecule has 1 aliphatic rings. The normalized spacial score (nSPS) is 28.8. The average molecular weight is 369 g/mol. The summed E-state index contributed by atoms with van der Waals surface area (Å²) in [6.07, 6.45) is 12.7. The predicted octanol–water partition coefficient (Wildman–Crippen LogP) is 3.43. The quantitative estimate of drug-likeness (QED) is 0.312. The van der Waals surface area contributed by atoms with E-state index in [9.17, 15) is 20.1 Å². The number of allylic oxidation sites excluding steroid dienone is 2. The van der Waals surface area contributed by atoms with Crippen LogP contribution in [-0.2, 0) is 4.79 Å². The Morgan fingerprint density at radius 1 is 1.15 bits per heavy atom. The molecule has 1 aliphatic carbocycles. The van der Waals surface area contributed by atoms with Crippen molar-refractivity contribution >= 4 is 5.97 Å². The molecular formula is C21H36O5. The van der Waals surface area contributed by atoms with Crippen molar-refractivity contribution in [3.05, 3.63) is 24.3 Å². The van der Waals surface area contributed by atoms with Gasteiger partial charge in [-0.05, 0) is 38.5 Å². The van der Waals surface area contributed by atoms with E-state index in [-0.39, 0.29) is 18.3 Å². The lowest BCUT2D eigenvalue weighted by Crippen LogP contribution is -2.24. The number of aliphatic hydroxyl groups is 3. The van der Waals surface area contributed by atoms with E-state index < -0.39 is 23.8 Å². The second kappa shape index (κ2) is 11.5. The van der Waals surface area contributed by atoms with E-state index >= 15 is 0 Å². The van der Waals surface area contributed by atoms with E-state index in [1.165, 1.54) is 0 Å². The molecule has 0 bridgehead atoms. The molecule has 5 nitrogen and oxygen atoms in total. The number of unbranched alkanes of at least 4 members (excludes halogenated alkanes) is 3. The Kier molecular flexibility index (Phi) is 10.1. The summed E-state index contributed by atoms with van der Waals surface area (Å²) in [4.78, 5) is 10.5. The Morgan fingerprint density at radius 2 is 1.88 bits per heavy atom. The highest BCUT2D eigenvalue weighted by Gasteiger charge is 2.39. The maximum absolute atomic E-state index is 10.5. The molecule has 0 amide bonds. The molecule has 0 heterocycles. The van der Waals surface area contributed by atoms with Crippen molar-refractivity contribution in [2.45, 2.75) is 89.4 Å². The fourth-order valence-corrected chi connectivity index (χ4v) is 3.58. The number of aliphatic carboxylic acids is 1. The van der Waals surface area contributed by atoms with Crippen LogP contribution in [0.15, 0.2) is 24.3 Å². The monoisotopic (exact) mass is 368 g/mol. The van der Waals surface area contributed by atoms with Crippen molar-refractivity contribution in [2.24, 2.45) is 11.8 Å². The molecule has 1 fully saturated rings. The first-order valence-corrected chi connectivity index (χ1v) is 9.91. The average Bonchev–Trinajstić information content (AvgIpc) is 2.82. The Hall–Kier alpha value is -1.17. The number of carboxylic acid groups (broad SMARTS) is 1. The van der Waals surface area contributed by atoms with Gasteiger partial charge in [0.1, 0.15) is 0 Å². The van der Waals surface area contributed by atoms with E-state index in [0.29, 0.717) is 32.1 Å². The van der Waals surface area contributed by atoms with Crippen LogP contribution < -0.4 is 0 Å². The van der Waals surface area contributed by atoms with Gasteiger partial charge in [0.25, 0.3) is 0 Å². The molecule has 5 atom stereocenters. The lowest BCUT2D eigenvalue weighted by Gasteiger charge is -2.23. The van der Waals surface area contributed by atoms with Gasteiger partial charge in [-0.25, -0.2) is 0 Å². The molecule has 4 N–H and O–H groups in total. The lowest BCUT2D eigenvalue weighted by atomic mass is 9.88. The molecule has 1 rings (SSSR count). The van der Waals surface area contributed by atoms with Gasteiger partial charge in [-0.3, -0.25) is 4.79 Å². The molecule has 26 heavy (non-hydrogen) atoms. The van der Waals surface area contributed by atoms with Gasteiger partial charge >= 0.3 is 5.97 Å². The fourth-order valence-electron chi connectivity index (χ4n) is 3.58. The number of hydrogen-bond donors (Lipinski definition) is 4. The molecule has 0 unspecified atom stereocenters. The van der Waals surface area contributed by atoms with Crippen LogP contribution in [0, 0.1) is 11.8 Å². The summed E-state index contributed by atoms with van der Waals surface area (Å²) < 4.78 is 0. The zero-order valence-corrected chi connectivity index (χ0v) is 16.2. The summed E-state index contributed by atoms with van der Waals surface area (Å²) in [5.74, 6) is -1.04. The number of hydrogen-bond acceptors (Lipinski definition) is 4. The minimum atomic E-state index is -0.889. The van der Waals surface area contributed by atoms with Gasteiger partial charge in [0.15, 0.2) is 0 Å². The molecule has 0 aliphatic heterocycles. The highest BCUT2D eigenvalue weighted by Crippen LogP contribution is 2.37. The van der Waals surface area contributed by atoms with Crippen molar-refractivity contribution in [1.82, 2.24) is 0 Å². The summed E-state index contributed by atoms with van der Waals surface area (Å²) in [5, 5.41) is 39.6. The van der Waals surface area contributed by atoms with Crippen LogP contribution in [0.2, 0.25) is 0 Å². The summed E-state index contributed by atoms with van der Waals surface area (Å²) in [6, 6.07) is 0. The molecule has 1 saturated carbocycles. The maximum Gasteiger partial charge on any atom is 0.303 e. The highest BCUT2D eigenvalue weighted by molar-refractivity contribution is 5.66. The van der Waals surface area contributed by atoms with Crippen LogP contribution in [-0.4, -0.2) is 44.2 Å². The second-order valence-electron chi connectivity index (χ2n) is 7.78. The first-order valence-electron chi connectivity index (χ1n) is 9.91. The van der Waals surface area contributed by atoms with Gasteiger partial charge in [-0.15, -0.1) is 0 Å². The van der Waals surface area contributed by atoms with Crippen molar-refractivity contribution in [1.29, 1.82) is 0 Å². The Morgan fingerprint density at radius 3 is 2.54 bits per heavy atom. The van der Waals surface area contributed by atoms with Crippen LogP contribution in [0.4, 0.5) is 0 Å². The molecule has 0 aromatic heterocycles. The molecule has 150 valence electrons. The molecule has 0 aromatic carbocycles. The molecule has 5 heteroatoms. The molecule has 0 aromatic rings. The van der Waals surface area contributed by atoms with Crippen LogP contribution in [0.5, 0.6) is 0 Å². The molecule has 0 radical (unpaired) electrons. The second-order valence-corrected chi connectivity index (χ2v) is 7.78. The van der Waals surface area contributed by atoms with E-state index in [2.05, 4.69) is 6.92 Å². The zero-order valence-electron chi connectivity index (χ0n) is 16.2. The number of rotatable bonds is 12.